The van der Waals surface area contributed by atoms with Gasteiger partial charge in [-0.05, 0) is 6.08 Å². The lowest BCUT2D eigenvalue weighted by Gasteiger charge is -2.42. The standard InChI is InChI=1S/C10H9NO3S/c1-2-4-14-10(13)7-3-5-15-9-6-8(12)11(7)9/h3,9H,5-6H2,1H3/t9-/m1/s1. The lowest BCUT2D eigenvalue weighted by molar-refractivity contribution is -0.145. The van der Waals surface area contributed by atoms with Gasteiger partial charge in [-0.15, -0.1) is 11.8 Å². The first-order valence-electron chi connectivity index (χ1n) is 4.51. The normalized spacial score (nSPS) is 23.0. The maximum atomic E-state index is 11.5. The highest BCUT2D eigenvalue weighted by Crippen LogP contribution is 2.37. The third-order valence-electron chi connectivity index (χ3n) is 2.19. The molecule has 0 radical (unpaired) electrons. The molecule has 1 amide bonds. The number of β-lactam (4-membered cyclic amide) rings is 1. The van der Waals surface area contributed by atoms with Gasteiger partial charge in [0.05, 0.1) is 11.8 Å². The van der Waals surface area contributed by atoms with Crippen molar-refractivity contribution in [3.05, 3.63) is 11.8 Å². The smallest absolute Gasteiger partial charge is 0.367 e. The number of fused-ring (bicyclic) bond motifs is 1. The largest absolute Gasteiger partial charge is 0.368 e. The number of carbonyl (C=O) groups is 2. The van der Waals surface area contributed by atoms with E-state index < -0.39 is 5.97 Å². The van der Waals surface area contributed by atoms with Gasteiger partial charge in [-0.25, -0.2) is 4.79 Å². The number of carbonyl (C=O) groups excluding carboxylic acids is 2. The molecule has 0 aromatic carbocycles. The predicted molar refractivity (Wildman–Crippen MR) is 55.3 cm³/mol. The monoisotopic (exact) mass is 223 g/mol. The summed E-state index contributed by atoms with van der Waals surface area (Å²) in [5.74, 6) is 2.63. The van der Waals surface area contributed by atoms with E-state index in [1.54, 1.807) is 24.8 Å². The molecule has 1 fully saturated rings. The van der Waals surface area contributed by atoms with Gasteiger partial charge in [-0.3, -0.25) is 9.69 Å². The Bertz CT molecular complexity index is 405. The molecule has 0 aromatic rings. The first-order valence-corrected chi connectivity index (χ1v) is 5.55. The zero-order valence-corrected chi connectivity index (χ0v) is 8.97. The number of hydrogen-bond donors (Lipinski definition) is 0. The summed E-state index contributed by atoms with van der Waals surface area (Å²) in [6.07, 6.45) is 4.45. The van der Waals surface area contributed by atoms with Gasteiger partial charge in [0.1, 0.15) is 11.8 Å². The summed E-state index contributed by atoms with van der Waals surface area (Å²) in [5.41, 5.74) is 0.331. The van der Waals surface area contributed by atoms with Crippen LogP contribution in [0, 0.1) is 12.0 Å². The van der Waals surface area contributed by atoms with E-state index in [1.807, 2.05) is 0 Å². The number of ether oxygens (including phenoxy) is 1. The minimum Gasteiger partial charge on any atom is -0.367 e. The van der Waals surface area contributed by atoms with E-state index in [2.05, 4.69) is 16.8 Å². The molecule has 0 unspecified atom stereocenters. The molecule has 1 atom stereocenters. The van der Waals surface area contributed by atoms with E-state index in [9.17, 15) is 9.59 Å². The van der Waals surface area contributed by atoms with Crippen molar-refractivity contribution < 1.29 is 14.3 Å². The van der Waals surface area contributed by atoms with E-state index in [1.165, 1.54) is 4.90 Å². The van der Waals surface area contributed by atoms with Crippen LogP contribution in [-0.4, -0.2) is 27.9 Å². The van der Waals surface area contributed by atoms with Crippen LogP contribution in [0.3, 0.4) is 0 Å². The van der Waals surface area contributed by atoms with Crippen LogP contribution in [0.1, 0.15) is 13.3 Å². The summed E-state index contributed by atoms with van der Waals surface area (Å²) < 4.78 is 4.66. The van der Waals surface area contributed by atoms with Gasteiger partial charge in [0.15, 0.2) is 0 Å². The number of esters is 1. The number of rotatable bonds is 1. The van der Waals surface area contributed by atoms with Crippen molar-refractivity contribution >= 4 is 23.6 Å². The van der Waals surface area contributed by atoms with Gasteiger partial charge in [0.2, 0.25) is 5.91 Å². The molecule has 15 heavy (non-hydrogen) atoms. The molecule has 0 N–H and O–H groups in total. The minimum atomic E-state index is -0.539. The second-order valence-corrected chi connectivity index (χ2v) is 4.30. The molecule has 5 heteroatoms. The summed E-state index contributed by atoms with van der Waals surface area (Å²) in [6, 6.07) is 0. The van der Waals surface area contributed by atoms with Crippen LogP contribution in [0.25, 0.3) is 0 Å². The zero-order chi connectivity index (χ0) is 10.8. The van der Waals surface area contributed by atoms with Gasteiger partial charge in [-0.1, -0.05) is 5.92 Å². The van der Waals surface area contributed by atoms with Crippen molar-refractivity contribution in [1.82, 2.24) is 4.90 Å². The Morgan fingerprint density at radius 2 is 2.53 bits per heavy atom. The Hall–Kier alpha value is -1.41. The fourth-order valence-corrected chi connectivity index (χ4v) is 2.59. The maximum Gasteiger partial charge on any atom is 0.368 e. The molecule has 0 bridgehead atoms. The quantitative estimate of drug-likeness (QED) is 0.373. The Kier molecular flexibility index (Phi) is 2.69. The Morgan fingerprint density at radius 3 is 3.20 bits per heavy atom. The average molecular weight is 223 g/mol. The lowest BCUT2D eigenvalue weighted by atomic mass is 10.1. The Labute approximate surface area is 91.6 Å². The Balaban J connectivity index is 2.12. The van der Waals surface area contributed by atoms with Crippen molar-refractivity contribution in [3.8, 4) is 12.0 Å². The second-order valence-electron chi connectivity index (χ2n) is 3.09. The lowest BCUT2D eigenvalue weighted by Crippen LogP contribution is -2.53. The number of amides is 1. The van der Waals surface area contributed by atoms with Crippen LogP contribution in [0.4, 0.5) is 0 Å². The van der Waals surface area contributed by atoms with Crippen LogP contribution in [-0.2, 0) is 14.3 Å². The summed E-state index contributed by atoms with van der Waals surface area (Å²) >= 11 is 1.65. The molecule has 0 aromatic heterocycles. The molecular formula is C10H9NO3S. The predicted octanol–water partition coefficient (Wildman–Crippen LogP) is 0.700. The van der Waals surface area contributed by atoms with E-state index in [4.69, 9.17) is 0 Å². The van der Waals surface area contributed by atoms with Gasteiger partial charge in [0.25, 0.3) is 0 Å². The maximum absolute atomic E-state index is 11.5. The molecule has 2 heterocycles. The van der Waals surface area contributed by atoms with Crippen LogP contribution in [0.15, 0.2) is 11.8 Å². The third kappa shape index (κ3) is 1.73. The van der Waals surface area contributed by atoms with Crippen LogP contribution < -0.4 is 0 Å². The molecule has 4 nitrogen and oxygen atoms in total. The molecule has 2 rings (SSSR count). The topological polar surface area (TPSA) is 46.6 Å². The molecular weight excluding hydrogens is 214 g/mol. The van der Waals surface area contributed by atoms with Crippen LogP contribution in [0.2, 0.25) is 0 Å². The van der Waals surface area contributed by atoms with Crippen molar-refractivity contribution in [2.75, 3.05) is 5.75 Å². The zero-order valence-electron chi connectivity index (χ0n) is 8.15. The van der Waals surface area contributed by atoms with Crippen LogP contribution >= 0.6 is 11.8 Å². The molecule has 78 valence electrons. The first kappa shape index (κ1) is 10.1. The third-order valence-corrected chi connectivity index (χ3v) is 3.31. The van der Waals surface area contributed by atoms with Crippen LogP contribution in [0.5, 0.6) is 0 Å². The van der Waals surface area contributed by atoms with Gasteiger partial charge in [-0.2, -0.15) is 0 Å². The highest BCUT2D eigenvalue weighted by atomic mass is 32.2. The van der Waals surface area contributed by atoms with Crippen molar-refractivity contribution in [2.45, 2.75) is 18.7 Å². The summed E-state index contributed by atoms with van der Waals surface area (Å²) in [5, 5.41) is 0.111. The minimum absolute atomic E-state index is 0.0279. The number of thioether (sulfide) groups is 1. The second kappa shape index (κ2) is 3.99. The molecule has 1 saturated heterocycles. The fraction of sp³-hybridized carbons (Fsp3) is 0.400. The van der Waals surface area contributed by atoms with Crippen molar-refractivity contribution in [3.63, 3.8) is 0 Å². The molecule has 0 saturated carbocycles. The van der Waals surface area contributed by atoms with E-state index in [0.29, 0.717) is 12.1 Å². The highest BCUT2D eigenvalue weighted by molar-refractivity contribution is 8.00. The van der Waals surface area contributed by atoms with Crippen molar-refractivity contribution in [2.24, 2.45) is 0 Å². The Morgan fingerprint density at radius 1 is 1.73 bits per heavy atom. The average Bonchev–Trinajstić information content (AvgIpc) is 2.23. The first-order chi connectivity index (χ1) is 7.24. The summed E-state index contributed by atoms with van der Waals surface area (Å²) in [7, 11) is 0. The van der Waals surface area contributed by atoms with Gasteiger partial charge < -0.3 is 4.74 Å². The number of hydrogen-bond acceptors (Lipinski definition) is 4. The summed E-state index contributed by atoms with van der Waals surface area (Å²) in [4.78, 5) is 24.3. The SMILES string of the molecule is CC#COC(=O)C1=CCS[C@@H]2CC(=O)N12. The molecule has 0 aliphatic carbocycles. The van der Waals surface area contributed by atoms with E-state index in [-0.39, 0.29) is 11.3 Å². The van der Waals surface area contributed by atoms with Gasteiger partial charge >= 0.3 is 5.97 Å². The van der Waals surface area contributed by atoms with E-state index in [0.717, 1.165) is 5.75 Å². The molecule has 2 aliphatic rings. The molecule has 2 aliphatic heterocycles. The van der Waals surface area contributed by atoms with E-state index >= 15 is 0 Å². The summed E-state index contributed by atoms with van der Waals surface area (Å²) in [6.45, 7) is 1.58. The van der Waals surface area contributed by atoms with Gasteiger partial charge in [0, 0.05) is 12.7 Å². The molecule has 0 spiro atoms. The highest BCUT2D eigenvalue weighted by Gasteiger charge is 2.43. The number of nitrogens with zero attached hydrogens (tertiary/aromatic N) is 1. The fourth-order valence-electron chi connectivity index (χ4n) is 1.48. The van der Waals surface area contributed by atoms with Crippen molar-refractivity contribution in [1.29, 1.82) is 0 Å².